The molecule has 1 fully saturated rings. The van der Waals surface area contributed by atoms with Gasteiger partial charge >= 0.3 is 0 Å². The Morgan fingerprint density at radius 3 is 2.63 bits per heavy atom. The molecule has 1 aliphatic rings. The van der Waals surface area contributed by atoms with E-state index < -0.39 is 0 Å². The van der Waals surface area contributed by atoms with Gasteiger partial charge in [0.2, 0.25) is 0 Å². The van der Waals surface area contributed by atoms with Gasteiger partial charge in [0.25, 0.3) is 0 Å². The third-order valence-electron chi connectivity index (χ3n) is 5.41. The summed E-state index contributed by atoms with van der Waals surface area (Å²) >= 11 is 1.73. The van der Waals surface area contributed by atoms with Gasteiger partial charge in [0, 0.05) is 30.6 Å². The van der Waals surface area contributed by atoms with Crippen LogP contribution in [0.3, 0.4) is 0 Å². The number of nitrogens with zero attached hydrogens (tertiary/aromatic N) is 3. The second-order valence-electron chi connectivity index (χ2n) is 7.33. The minimum absolute atomic E-state index is 0.342. The standard InChI is InChI=1S/C23H27N5OS/c1-3-20(24)19-8-9-21(27-23(19)26-16-11-14-29-15-12-16)22-10-13-25-28(22)17-4-6-18(30-2)7-5-17/h4-10,13,16,24H,3,11-12,14-15H2,1-2H3,(H,26,27)/p+1. The highest BCUT2D eigenvalue weighted by Crippen LogP contribution is 2.26. The van der Waals surface area contributed by atoms with E-state index in [0.717, 1.165) is 66.6 Å². The summed E-state index contributed by atoms with van der Waals surface area (Å²) in [7, 11) is 0. The minimum atomic E-state index is 0.342. The van der Waals surface area contributed by atoms with Crippen LogP contribution in [0.15, 0.2) is 53.6 Å². The van der Waals surface area contributed by atoms with Crippen LogP contribution in [0, 0.1) is 0 Å². The van der Waals surface area contributed by atoms with Crippen molar-refractivity contribution in [1.29, 1.82) is 0 Å². The average molecular weight is 423 g/mol. The Hall–Kier alpha value is -2.64. The molecule has 1 aromatic carbocycles. The summed E-state index contributed by atoms with van der Waals surface area (Å²) in [5.74, 6) is 0.837. The zero-order chi connectivity index (χ0) is 20.9. The molecule has 1 aliphatic heterocycles. The Balaban J connectivity index is 1.70. The summed E-state index contributed by atoms with van der Waals surface area (Å²) in [6, 6.07) is 14.8. The number of pyridine rings is 1. The van der Waals surface area contributed by atoms with Gasteiger partial charge < -0.3 is 10.1 Å². The lowest BCUT2D eigenvalue weighted by atomic mass is 10.1. The number of ether oxygens (including phenoxy) is 1. The molecule has 1 saturated heterocycles. The fraction of sp³-hybridized carbons (Fsp3) is 0.348. The molecule has 0 bridgehead atoms. The fourth-order valence-corrected chi connectivity index (χ4v) is 4.03. The third kappa shape index (κ3) is 4.42. The van der Waals surface area contributed by atoms with Gasteiger partial charge in [-0.2, -0.15) is 5.10 Å². The van der Waals surface area contributed by atoms with E-state index in [-0.39, 0.29) is 0 Å². The Morgan fingerprint density at radius 2 is 1.93 bits per heavy atom. The Labute approximate surface area is 181 Å². The Kier molecular flexibility index (Phi) is 6.50. The van der Waals surface area contributed by atoms with Crippen molar-refractivity contribution in [2.24, 2.45) is 0 Å². The van der Waals surface area contributed by atoms with Crippen molar-refractivity contribution in [3.8, 4) is 17.1 Å². The quantitative estimate of drug-likeness (QED) is 0.452. The molecule has 6 nitrogen and oxygen atoms in total. The fourth-order valence-electron chi connectivity index (χ4n) is 3.62. The van der Waals surface area contributed by atoms with E-state index in [2.05, 4.69) is 53.9 Å². The van der Waals surface area contributed by atoms with Crippen LogP contribution in [-0.4, -0.2) is 46.0 Å². The molecular formula is C23H28N5OS+. The molecule has 0 aliphatic carbocycles. The van der Waals surface area contributed by atoms with Gasteiger partial charge in [-0.25, -0.2) is 9.67 Å². The van der Waals surface area contributed by atoms with Crippen LogP contribution < -0.4 is 10.7 Å². The van der Waals surface area contributed by atoms with Crippen LogP contribution in [0.4, 0.5) is 5.82 Å². The summed E-state index contributed by atoms with van der Waals surface area (Å²) in [5.41, 5.74) is 4.64. The molecule has 3 heterocycles. The number of aromatic nitrogens is 3. The van der Waals surface area contributed by atoms with E-state index in [1.807, 2.05) is 23.0 Å². The smallest absolute Gasteiger partial charge is 0.183 e. The van der Waals surface area contributed by atoms with Crippen molar-refractivity contribution in [2.75, 3.05) is 24.8 Å². The minimum Gasteiger partial charge on any atom is -0.381 e. The van der Waals surface area contributed by atoms with Gasteiger partial charge in [-0.1, -0.05) is 6.92 Å². The van der Waals surface area contributed by atoms with Crippen LogP contribution in [0.1, 0.15) is 31.7 Å². The number of benzene rings is 1. The van der Waals surface area contributed by atoms with Crippen LogP contribution >= 0.6 is 11.8 Å². The zero-order valence-electron chi connectivity index (χ0n) is 17.5. The first-order valence-corrected chi connectivity index (χ1v) is 11.6. The molecule has 0 saturated carbocycles. The van der Waals surface area contributed by atoms with Crippen LogP contribution in [0.5, 0.6) is 0 Å². The normalized spacial score (nSPS) is 14.6. The number of hydrogen-bond donors (Lipinski definition) is 2. The predicted molar refractivity (Wildman–Crippen MR) is 122 cm³/mol. The first kappa shape index (κ1) is 20.6. The molecular weight excluding hydrogens is 394 g/mol. The second-order valence-corrected chi connectivity index (χ2v) is 8.21. The molecule has 2 aromatic heterocycles. The van der Waals surface area contributed by atoms with Crippen LogP contribution in [-0.2, 0) is 4.74 Å². The topological polar surface area (TPSA) is 77.6 Å². The van der Waals surface area contributed by atoms with Crippen LogP contribution in [0.25, 0.3) is 17.1 Å². The summed E-state index contributed by atoms with van der Waals surface area (Å²) < 4.78 is 7.42. The van der Waals surface area contributed by atoms with Crippen molar-refractivity contribution >= 4 is 23.3 Å². The van der Waals surface area contributed by atoms with Gasteiger partial charge in [-0.15, -0.1) is 11.8 Å². The summed E-state index contributed by atoms with van der Waals surface area (Å²) in [4.78, 5) is 6.21. The molecule has 0 amide bonds. The molecule has 0 unspecified atom stereocenters. The molecule has 0 spiro atoms. The molecule has 4 rings (SSSR count). The summed E-state index contributed by atoms with van der Waals surface area (Å²) in [5, 5.41) is 14.5. The number of hydrogen-bond acceptors (Lipinski definition) is 5. The summed E-state index contributed by atoms with van der Waals surface area (Å²) in [6.07, 6.45) is 6.61. The maximum atomic E-state index is 6.31. The van der Waals surface area contributed by atoms with Crippen molar-refractivity contribution in [2.45, 2.75) is 37.1 Å². The lowest BCUT2D eigenvalue weighted by molar-refractivity contribution is -0.114. The zero-order valence-corrected chi connectivity index (χ0v) is 18.3. The maximum absolute atomic E-state index is 6.31. The lowest BCUT2D eigenvalue weighted by Gasteiger charge is -2.24. The molecule has 0 atom stereocenters. The molecule has 3 N–H and O–H groups in total. The number of nitrogens with two attached hydrogens (primary N) is 1. The number of nitrogens with one attached hydrogen (secondary N) is 1. The Morgan fingerprint density at radius 1 is 1.17 bits per heavy atom. The maximum Gasteiger partial charge on any atom is 0.183 e. The molecule has 30 heavy (non-hydrogen) atoms. The summed E-state index contributed by atoms with van der Waals surface area (Å²) in [6.45, 7) is 3.62. The lowest BCUT2D eigenvalue weighted by Crippen LogP contribution is -2.40. The molecule has 156 valence electrons. The molecule has 3 aromatic rings. The predicted octanol–water partition coefficient (Wildman–Crippen LogP) is 3.21. The van der Waals surface area contributed by atoms with E-state index >= 15 is 0 Å². The van der Waals surface area contributed by atoms with Crippen molar-refractivity contribution < 1.29 is 10.1 Å². The van der Waals surface area contributed by atoms with Gasteiger partial charge in [0.1, 0.15) is 5.82 Å². The van der Waals surface area contributed by atoms with Gasteiger partial charge in [0.05, 0.1) is 28.8 Å². The number of thioether (sulfide) groups is 1. The first-order valence-electron chi connectivity index (χ1n) is 10.4. The van der Waals surface area contributed by atoms with Gasteiger partial charge in [-0.3, -0.25) is 5.41 Å². The highest BCUT2D eigenvalue weighted by atomic mass is 32.2. The van der Waals surface area contributed by atoms with Crippen LogP contribution in [0.2, 0.25) is 0 Å². The first-order chi connectivity index (χ1) is 14.7. The van der Waals surface area contributed by atoms with Gasteiger partial charge in [0.15, 0.2) is 5.71 Å². The number of anilines is 1. The van der Waals surface area contributed by atoms with E-state index in [1.54, 1.807) is 11.8 Å². The Bertz CT molecular complexity index is 1010. The molecule has 7 heteroatoms. The highest BCUT2D eigenvalue weighted by molar-refractivity contribution is 7.98. The van der Waals surface area contributed by atoms with Crippen molar-refractivity contribution in [1.82, 2.24) is 14.8 Å². The van der Waals surface area contributed by atoms with Gasteiger partial charge in [-0.05, 0) is 61.6 Å². The third-order valence-corrected chi connectivity index (χ3v) is 6.15. The van der Waals surface area contributed by atoms with E-state index in [1.165, 1.54) is 4.90 Å². The van der Waals surface area contributed by atoms with E-state index in [4.69, 9.17) is 15.1 Å². The van der Waals surface area contributed by atoms with Crippen molar-refractivity contribution in [3.05, 3.63) is 54.2 Å². The molecule has 0 radical (unpaired) electrons. The second kappa shape index (κ2) is 9.45. The number of rotatable bonds is 7. The monoisotopic (exact) mass is 422 g/mol. The SMILES string of the molecule is CCC(=[NH2+])c1ccc(-c2ccnn2-c2ccc(SC)cc2)nc1NC1CCOCC1. The largest absolute Gasteiger partial charge is 0.381 e. The van der Waals surface area contributed by atoms with E-state index in [0.29, 0.717) is 6.04 Å². The van der Waals surface area contributed by atoms with Crippen molar-refractivity contribution in [3.63, 3.8) is 0 Å². The average Bonchev–Trinajstić information content (AvgIpc) is 3.29. The highest BCUT2D eigenvalue weighted by Gasteiger charge is 2.20. The van der Waals surface area contributed by atoms with E-state index in [9.17, 15) is 0 Å².